The van der Waals surface area contributed by atoms with Gasteiger partial charge in [0.25, 0.3) is 11.5 Å². The Kier molecular flexibility index (Phi) is 5.55. The Morgan fingerprint density at radius 3 is 2.69 bits per heavy atom. The van der Waals surface area contributed by atoms with Crippen molar-refractivity contribution < 1.29 is 14.3 Å². The maximum atomic E-state index is 13.8. The van der Waals surface area contributed by atoms with Gasteiger partial charge in [-0.1, -0.05) is 37.6 Å². The first kappa shape index (κ1) is 20.5. The van der Waals surface area contributed by atoms with E-state index in [4.69, 9.17) is 9.47 Å². The largest absolute Gasteiger partial charge is 0.486 e. The van der Waals surface area contributed by atoms with Gasteiger partial charge in [0.15, 0.2) is 17.2 Å². The molecule has 2 aromatic carbocycles. The van der Waals surface area contributed by atoms with E-state index in [0.29, 0.717) is 42.8 Å². The average Bonchev–Trinajstić information content (AvgIpc) is 3.33. The van der Waals surface area contributed by atoms with Crippen molar-refractivity contribution in [2.45, 2.75) is 45.2 Å². The second kappa shape index (κ2) is 8.65. The standard InChI is InChI=1S/C25H27N3O4/c1-2-3-13-28-24(29)19-8-5-4-7-18(19)23(26-28)25(30)27-12-6-9-20(27)17-10-11-21-22(16-17)32-15-14-31-21/h4-5,7-8,10-11,16,20H,2-3,6,9,12-15H2,1H3. The second-order valence-corrected chi connectivity index (χ2v) is 8.34. The zero-order valence-corrected chi connectivity index (χ0v) is 18.3. The molecule has 3 heterocycles. The Hall–Kier alpha value is -3.35. The first-order chi connectivity index (χ1) is 15.7. The lowest BCUT2D eigenvalue weighted by Crippen LogP contribution is -2.34. The van der Waals surface area contributed by atoms with E-state index in [1.54, 1.807) is 6.07 Å². The number of nitrogens with zero attached hydrogens (tertiary/aromatic N) is 3. The maximum absolute atomic E-state index is 13.8. The van der Waals surface area contributed by atoms with Crippen LogP contribution in [0.25, 0.3) is 10.8 Å². The molecule has 1 aromatic heterocycles. The number of carbonyl (C=O) groups is 1. The highest BCUT2D eigenvalue weighted by Crippen LogP contribution is 2.38. The van der Waals surface area contributed by atoms with Gasteiger partial charge in [0, 0.05) is 18.5 Å². The quantitative estimate of drug-likeness (QED) is 0.609. The van der Waals surface area contributed by atoms with Crippen LogP contribution >= 0.6 is 0 Å². The van der Waals surface area contributed by atoms with Crippen LogP contribution in [0.15, 0.2) is 47.3 Å². The molecule has 0 bridgehead atoms. The van der Waals surface area contributed by atoms with Crippen molar-refractivity contribution >= 4 is 16.7 Å². The van der Waals surface area contributed by atoms with E-state index in [2.05, 4.69) is 12.0 Å². The predicted molar refractivity (Wildman–Crippen MR) is 121 cm³/mol. The van der Waals surface area contributed by atoms with Crippen molar-refractivity contribution in [3.8, 4) is 11.5 Å². The molecule has 7 heteroatoms. The summed E-state index contributed by atoms with van der Waals surface area (Å²) in [6.07, 6.45) is 3.57. The molecule has 5 rings (SSSR count). The summed E-state index contributed by atoms with van der Waals surface area (Å²) in [7, 11) is 0. The van der Waals surface area contributed by atoms with Crippen LogP contribution in [0.5, 0.6) is 11.5 Å². The van der Waals surface area contributed by atoms with Crippen LogP contribution < -0.4 is 15.0 Å². The summed E-state index contributed by atoms with van der Waals surface area (Å²) in [6, 6.07) is 13.1. The molecule has 1 amide bonds. The Balaban J connectivity index is 1.53. The van der Waals surface area contributed by atoms with Crippen molar-refractivity contribution in [1.29, 1.82) is 0 Å². The van der Waals surface area contributed by atoms with E-state index in [9.17, 15) is 9.59 Å². The molecule has 0 saturated carbocycles. The topological polar surface area (TPSA) is 73.7 Å². The zero-order valence-electron chi connectivity index (χ0n) is 18.3. The Labute approximate surface area is 186 Å². The highest BCUT2D eigenvalue weighted by atomic mass is 16.6. The third-order valence-corrected chi connectivity index (χ3v) is 6.26. The monoisotopic (exact) mass is 433 g/mol. The molecule has 0 spiro atoms. The smallest absolute Gasteiger partial charge is 0.275 e. The third-order valence-electron chi connectivity index (χ3n) is 6.26. The normalized spacial score (nSPS) is 17.7. The first-order valence-corrected chi connectivity index (χ1v) is 11.4. The number of fused-ring (bicyclic) bond motifs is 2. The molecule has 32 heavy (non-hydrogen) atoms. The number of amides is 1. The summed E-state index contributed by atoms with van der Waals surface area (Å²) in [5, 5.41) is 5.70. The van der Waals surface area contributed by atoms with Crippen molar-refractivity contribution in [2.24, 2.45) is 0 Å². The van der Waals surface area contributed by atoms with Crippen molar-refractivity contribution in [3.63, 3.8) is 0 Å². The maximum Gasteiger partial charge on any atom is 0.275 e. The minimum absolute atomic E-state index is 0.0603. The van der Waals surface area contributed by atoms with Gasteiger partial charge < -0.3 is 14.4 Å². The van der Waals surface area contributed by atoms with Crippen LogP contribution in [-0.2, 0) is 6.54 Å². The molecule has 2 aliphatic rings. The van der Waals surface area contributed by atoms with Gasteiger partial charge >= 0.3 is 0 Å². The van der Waals surface area contributed by atoms with Gasteiger partial charge in [-0.25, -0.2) is 4.68 Å². The van der Waals surface area contributed by atoms with Crippen molar-refractivity contribution in [3.05, 3.63) is 64.1 Å². The van der Waals surface area contributed by atoms with Crippen LogP contribution in [0.3, 0.4) is 0 Å². The fourth-order valence-corrected chi connectivity index (χ4v) is 4.61. The predicted octanol–water partition coefficient (Wildman–Crippen LogP) is 3.95. The van der Waals surface area contributed by atoms with Crippen LogP contribution in [0.4, 0.5) is 0 Å². The highest BCUT2D eigenvalue weighted by Gasteiger charge is 2.33. The van der Waals surface area contributed by atoms with E-state index < -0.39 is 0 Å². The van der Waals surface area contributed by atoms with Gasteiger partial charge in [0.05, 0.1) is 11.4 Å². The van der Waals surface area contributed by atoms with Crippen molar-refractivity contribution in [1.82, 2.24) is 14.7 Å². The summed E-state index contributed by atoms with van der Waals surface area (Å²) in [6.45, 7) is 4.31. The van der Waals surface area contributed by atoms with Crippen LogP contribution in [-0.4, -0.2) is 40.3 Å². The number of hydrogen-bond acceptors (Lipinski definition) is 5. The lowest BCUT2D eigenvalue weighted by Gasteiger charge is -2.27. The Morgan fingerprint density at radius 1 is 1.09 bits per heavy atom. The summed E-state index contributed by atoms with van der Waals surface area (Å²) >= 11 is 0. The molecule has 7 nitrogen and oxygen atoms in total. The average molecular weight is 434 g/mol. The molecule has 166 valence electrons. The van der Waals surface area contributed by atoms with Gasteiger partial charge in [-0.3, -0.25) is 9.59 Å². The third kappa shape index (κ3) is 3.61. The van der Waals surface area contributed by atoms with E-state index in [0.717, 1.165) is 42.7 Å². The number of aromatic nitrogens is 2. The molecule has 3 aromatic rings. The van der Waals surface area contributed by atoms with Crippen LogP contribution in [0.1, 0.15) is 54.7 Å². The van der Waals surface area contributed by atoms with Gasteiger partial charge in [-0.15, -0.1) is 0 Å². The Morgan fingerprint density at radius 2 is 1.88 bits per heavy atom. The van der Waals surface area contributed by atoms with E-state index in [1.807, 2.05) is 41.3 Å². The molecule has 0 aliphatic carbocycles. The molecule has 1 saturated heterocycles. The molecule has 1 atom stereocenters. The Bertz CT molecular complexity index is 1220. The molecular weight excluding hydrogens is 406 g/mol. The van der Waals surface area contributed by atoms with Crippen LogP contribution in [0.2, 0.25) is 0 Å². The lowest BCUT2D eigenvalue weighted by molar-refractivity contribution is 0.0728. The summed E-state index contributed by atoms with van der Waals surface area (Å²) < 4.78 is 12.8. The minimum atomic E-state index is -0.143. The molecule has 0 N–H and O–H groups in total. The van der Waals surface area contributed by atoms with Gasteiger partial charge in [-0.05, 0) is 43.0 Å². The van der Waals surface area contributed by atoms with Gasteiger partial charge in [0.2, 0.25) is 0 Å². The fraction of sp³-hybridized carbons (Fsp3) is 0.400. The number of benzene rings is 2. The van der Waals surface area contributed by atoms with Gasteiger partial charge in [0.1, 0.15) is 13.2 Å². The molecule has 0 radical (unpaired) electrons. The molecule has 2 aliphatic heterocycles. The number of carbonyl (C=O) groups excluding carboxylic acids is 1. The van der Waals surface area contributed by atoms with E-state index >= 15 is 0 Å². The van der Waals surface area contributed by atoms with Crippen molar-refractivity contribution in [2.75, 3.05) is 19.8 Å². The van der Waals surface area contributed by atoms with Gasteiger partial charge in [-0.2, -0.15) is 5.10 Å². The summed E-state index contributed by atoms with van der Waals surface area (Å²) in [5.41, 5.74) is 1.24. The zero-order chi connectivity index (χ0) is 22.1. The number of aryl methyl sites for hydroxylation is 1. The number of rotatable bonds is 5. The lowest BCUT2D eigenvalue weighted by atomic mass is 10.0. The molecule has 1 fully saturated rings. The number of hydrogen-bond donors (Lipinski definition) is 0. The SMILES string of the molecule is CCCCn1nc(C(=O)N2CCCC2c2ccc3c(c2)OCCO3)c2ccccc2c1=O. The summed E-state index contributed by atoms with van der Waals surface area (Å²) in [4.78, 5) is 28.5. The number of unbranched alkanes of at least 4 members (excludes halogenated alkanes) is 1. The first-order valence-electron chi connectivity index (χ1n) is 11.4. The van der Waals surface area contributed by atoms with E-state index in [-0.39, 0.29) is 17.5 Å². The molecule has 1 unspecified atom stereocenters. The minimum Gasteiger partial charge on any atom is -0.486 e. The second-order valence-electron chi connectivity index (χ2n) is 8.34. The fourth-order valence-electron chi connectivity index (χ4n) is 4.61. The van der Waals surface area contributed by atoms with Crippen LogP contribution in [0, 0.1) is 0 Å². The highest BCUT2D eigenvalue weighted by molar-refractivity contribution is 6.05. The number of ether oxygens (including phenoxy) is 2. The number of likely N-dealkylation sites (tertiary alicyclic amines) is 1. The summed E-state index contributed by atoms with van der Waals surface area (Å²) in [5.74, 6) is 1.33. The molecular formula is C25H27N3O4. The van der Waals surface area contributed by atoms with E-state index in [1.165, 1.54) is 4.68 Å².